The lowest BCUT2D eigenvalue weighted by Crippen LogP contribution is -2.52. The number of hydrogen-bond donors (Lipinski definition) is 2. The van der Waals surface area contributed by atoms with Crippen molar-refractivity contribution in [3.63, 3.8) is 0 Å². The molecular formula is C11H18N2O3. The molecule has 90 valence electrons. The Labute approximate surface area is 94.6 Å². The summed E-state index contributed by atoms with van der Waals surface area (Å²) in [6.45, 7) is 0.561. The first-order valence-electron chi connectivity index (χ1n) is 5.83. The van der Waals surface area contributed by atoms with E-state index in [0.29, 0.717) is 19.4 Å². The van der Waals surface area contributed by atoms with Gasteiger partial charge in [-0.3, -0.25) is 4.79 Å². The lowest BCUT2D eigenvalue weighted by Gasteiger charge is -2.38. The molecule has 0 unspecified atom stereocenters. The Morgan fingerprint density at radius 1 is 1.38 bits per heavy atom. The van der Waals surface area contributed by atoms with Crippen molar-refractivity contribution in [3.8, 4) is 0 Å². The molecule has 0 spiro atoms. The highest BCUT2D eigenvalue weighted by Gasteiger charge is 2.40. The minimum atomic E-state index is -0.898. The number of rotatable bonds is 3. The van der Waals surface area contributed by atoms with E-state index < -0.39 is 12.0 Å². The standard InChI is InChI=1S/C11H18N2O3/c12-11(4-2-5-11)7-9(14)13-6-1-3-8(13)10(15)16/h8H,1-7,12H2,(H,15,16)/t8-/m1/s1. The van der Waals surface area contributed by atoms with Crippen LogP contribution < -0.4 is 5.73 Å². The molecule has 0 radical (unpaired) electrons. The van der Waals surface area contributed by atoms with Gasteiger partial charge in [-0.1, -0.05) is 0 Å². The molecule has 1 aliphatic heterocycles. The van der Waals surface area contributed by atoms with Crippen molar-refractivity contribution in [3.05, 3.63) is 0 Å². The summed E-state index contributed by atoms with van der Waals surface area (Å²) in [7, 11) is 0. The Bertz CT molecular complexity index is 312. The van der Waals surface area contributed by atoms with E-state index >= 15 is 0 Å². The number of carboxylic acid groups (broad SMARTS) is 1. The van der Waals surface area contributed by atoms with Crippen LogP contribution in [0, 0.1) is 0 Å². The zero-order chi connectivity index (χ0) is 11.8. The molecule has 2 fully saturated rings. The van der Waals surface area contributed by atoms with E-state index in [1.807, 2.05) is 0 Å². The second kappa shape index (κ2) is 4.05. The summed E-state index contributed by atoms with van der Waals surface area (Å²) < 4.78 is 0. The van der Waals surface area contributed by atoms with Crippen LogP contribution in [0.1, 0.15) is 38.5 Å². The molecule has 0 aromatic carbocycles. The molecule has 2 aliphatic rings. The number of carbonyl (C=O) groups is 2. The molecule has 0 bridgehead atoms. The van der Waals surface area contributed by atoms with Crippen LogP contribution in [0.4, 0.5) is 0 Å². The summed E-state index contributed by atoms with van der Waals surface area (Å²) in [5, 5.41) is 8.98. The highest BCUT2D eigenvalue weighted by molar-refractivity contribution is 5.85. The number of likely N-dealkylation sites (tertiary alicyclic amines) is 1. The van der Waals surface area contributed by atoms with Crippen molar-refractivity contribution >= 4 is 11.9 Å². The molecule has 2 rings (SSSR count). The SMILES string of the molecule is NC1(CC(=O)N2CCC[C@@H]2C(=O)O)CCC1. The van der Waals surface area contributed by atoms with E-state index in [9.17, 15) is 9.59 Å². The van der Waals surface area contributed by atoms with Gasteiger partial charge in [0.2, 0.25) is 5.91 Å². The van der Waals surface area contributed by atoms with Crippen molar-refractivity contribution in [1.29, 1.82) is 0 Å². The highest BCUT2D eigenvalue weighted by atomic mass is 16.4. The van der Waals surface area contributed by atoms with Crippen LogP contribution in [0.25, 0.3) is 0 Å². The van der Waals surface area contributed by atoms with Crippen LogP contribution in [-0.4, -0.2) is 40.0 Å². The number of amides is 1. The third kappa shape index (κ3) is 2.04. The molecule has 5 heteroatoms. The van der Waals surface area contributed by atoms with Gasteiger partial charge in [0.1, 0.15) is 6.04 Å². The maximum Gasteiger partial charge on any atom is 0.326 e. The summed E-state index contributed by atoms with van der Waals surface area (Å²) in [6.07, 6.45) is 4.48. The lowest BCUT2D eigenvalue weighted by atomic mass is 9.75. The van der Waals surface area contributed by atoms with Gasteiger partial charge in [0.25, 0.3) is 0 Å². The normalized spacial score (nSPS) is 27.6. The second-order valence-corrected chi connectivity index (χ2v) is 4.98. The Hall–Kier alpha value is -1.10. The van der Waals surface area contributed by atoms with E-state index in [1.165, 1.54) is 4.90 Å². The Kier molecular flexibility index (Phi) is 2.88. The predicted molar refractivity (Wildman–Crippen MR) is 57.8 cm³/mol. The summed E-state index contributed by atoms with van der Waals surface area (Å²) in [6, 6.07) is -0.629. The van der Waals surface area contributed by atoms with E-state index in [-0.39, 0.29) is 11.4 Å². The van der Waals surface area contributed by atoms with Crippen molar-refractivity contribution in [1.82, 2.24) is 4.90 Å². The third-order valence-electron chi connectivity index (χ3n) is 3.71. The maximum atomic E-state index is 12.0. The summed E-state index contributed by atoms with van der Waals surface area (Å²) in [5.74, 6) is -0.988. The number of carbonyl (C=O) groups excluding carboxylic acids is 1. The van der Waals surface area contributed by atoms with Crippen LogP contribution in [0.2, 0.25) is 0 Å². The number of nitrogens with zero attached hydrogens (tertiary/aromatic N) is 1. The molecule has 16 heavy (non-hydrogen) atoms. The number of hydrogen-bond acceptors (Lipinski definition) is 3. The van der Waals surface area contributed by atoms with Crippen LogP contribution in [0.3, 0.4) is 0 Å². The number of aliphatic carboxylic acids is 1. The smallest absolute Gasteiger partial charge is 0.326 e. The minimum Gasteiger partial charge on any atom is -0.480 e. The molecule has 1 aliphatic carbocycles. The quantitative estimate of drug-likeness (QED) is 0.726. The topological polar surface area (TPSA) is 83.6 Å². The summed E-state index contributed by atoms with van der Waals surface area (Å²) in [5.41, 5.74) is 5.64. The maximum absolute atomic E-state index is 12.0. The van der Waals surface area contributed by atoms with Gasteiger partial charge in [-0.2, -0.15) is 0 Å². The van der Waals surface area contributed by atoms with Gasteiger partial charge >= 0.3 is 5.97 Å². The lowest BCUT2D eigenvalue weighted by molar-refractivity contribution is -0.149. The molecule has 0 aromatic rings. The van der Waals surface area contributed by atoms with E-state index in [0.717, 1.165) is 25.7 Å². The molecule has 1 amide bonds. The molecule has 3 N–H and O–H groups in total. The van der Waals surface area contributed by atoms with Gasteiger partial charge < -0.3 is 15.7 Å². The van der Waals surface area contributed by atoms with E-state index in [2.05, 4.69) is 0 Å². The largest absolute Gasteiger partial charge is 0.480 e. The van der Waals surface area contributed by atoms with Crippen LogP contribution in [-0.2, 0) is 9.59 Å². The fraction of sp³-hybridized carbons (Fsp3) is 0.818. The minimum absolute atomic E-state index is 0.0906. The zero-order valence-corrected chi connectivity index (χ0v) is 9.32. The van der Waals surface area contributed by atoms with Gasteiger partial charge in [0.15, 0.2) is 0 Å². The van der Waals surface area contributed by atoms with E-state index in [1.54, 1.807) is 0 Å². The van der Waals surface area contributed by atoms with Crippen LogP contribution in [0.5, 0.6) is 0 Å². The highest BCUT2D eigenvalue weighted by Crippen LogP contribution is 2.33. The van der Waals surface area contributed by atoms with Crippen LogP contribution in [0.15, 0.2) is 0 Å². The molecule has 1 atom stereocenters. The first-order chi connectivity index (χ1) is 7.52. The Balaban J connectivity index is 1.95. The van der Waals surface area contributed by atoms with Gasteiger partial charge in [0, 0.05) is 18.5 Å². The van der Waals surface area contributed by atoms with Crippen molar-refractivity contribution in [2.45, 2.75) is 50.1 Å². The first kappa shape index (κ1) is 11.4. The second-order valence-electron chi connectivity index (χ2n) is 4.98. The average Bonchev–Trinajstić information content (AvgIpc) is 2.63. The van der Waals surface area contributed by atoms with Gasteiger partial charge in [-0.25, -0.2) is 4.79 Å². The first-order valence-corrected chi connectivity index (χ1v) is 5.83. The molecular weight excluding hydrogens is 208 g/mol. The summed E-state index contributed by atoms with van der Waals surface area (Å²) in [4.78, 5) is 24.4. The molecule has 0 aromatic heterocycles. The number of nitrogens with two attached hydrogens (primary N) is 1. The molecule has 1 heterocycles. The van der Waals surface area contributed by atoms with Crippen molar-refractivity contribution in [2.75, 3.05) is 6.54 Å². The summed E-state index contributed by atoms with van der Waals surface area (Å²) >= 11 is 0. The fourth-order valence-electron chi connectivity index (χ4n) is 2.53. The number of carboxylic acids is 1. The van der Waals surface area contributed by atoms with Crippen molar-refractivity contribution < 1.29 is 14.7 Å². The Morgan fingerprint density at radius 3 is 2.56 bits per heavy atom. The van der Waals surface area contributed by atoms with Crippen molar-refractivity contribution in [2.24, 2.45) is 5.73 Å². The van der Waals surface area contributed by atoms with Gasteiger partial charge in [-0.15, -0.1) is 0 Å². The van der Waals surface area contributed by atoms with Crippen LogP contribution >= 0.6 is 0 Å². The Morgan fingerprint density at radius 2 is 2.06 bits per heavy atom. The molecule has 1 saturated carbocycles. The zero-order valence-electron chi connectivity index (χ0n) is 9.32. The monoisotopic (exact) mass is 226 g/mol. The fourth-order valence-corrected chi connectivity index (χ4v) is 2.53. The molecule has 5 nitrogen and oxygen atoms in total. The average molecular weight is 226 g/mol. The molecule has 1 saturated heterocycles. The third-order valence-corrected chi connectivity index (χ3v) is 3.71. The van der Waals surface area contributed by atoms with Gasteiger partial charge in [0.05, 0.1) is 0 Å². The van der Waals surface area contributed by atoms with E-state index in [4.69, 9.17) is 10.8 Å². The predicted octanol–water partition coefficient (Wildman–Crippen LogP) is 0.333. The van der Waals surface area contributed by atoms with Gasteiger partial charge in [-0.05, 0) is 32.1 Å².